The first-order valence-electron chi connectivity index (χ1n) is 6.61. The Morgan fingerprint density at radius 2 is 2.33 bits per heavy atom. The third-order valence-electron chi connectivity index (χ3n) is 3.09. The minimum atomic E-state index is -1.17. The maximum absolute atomic E-state index is 11.7. The summed E-state index contributed by atoms with van der Waals surface area (Å²) in [4.78, 5) is 11.7. The topological polar surface area (TPSA) is 80.3 Å². The van der Waals surface area contributed by atoms with Crippen molar-refractivity contribution in [1.82, 2.24) is 15.1 Å². The van der Waals surface area contributed by atoms with E-state index in [1.165, 1.54) is 6.08 Å². The number of carbonyl (C=O) groups is 1. The van der Waals surface area contributed by atoms with Gasteiger partial charge < -0.3 is 14.8 Å². The van der Waals surface area contributed by atoms with Gasteiger partial charge in [0, 0.05) is 24.9 Å². The van der Waals surface area contributed by atoms with Gasteiger partial charge in [0.25, 0.3) is 0 Å². The second-order valence-corrected chi connectivity index (χ2v) is 5.18. The van der Waals surface area contributed by atoms with Gasteiger partial charge in [-0.3, -0.25) is 9.48 Å². The van der Waals surface area contributed by atoms with Gasteiger partial charge in [0.05, 0.1) is 12.7 Å². The average molecular weight is 289 g/mol. The van der Waals surface area contributed by atoms with Gasteiger partial charge in [0.15, 0.2) is 0 Å². The Hall–Kier alpha value is -2.34. The molecule has 0 aromatic carbocycles. The molecule has 0 saturated carbocycles. The Labute approximate surface area is 123 Å². The van der Waals surface area contributed by atoms with Gasteiger partial charge in [-0.1, -0.05) is 0 Å². The minimum absolute atomic E-state index is 0.0963. The van der Waals surface area contributed by atoms with Crippen LogP contribution >= 0.6 is 0 Å². The number of amides is 1. The van der Waals surface area contributed by atoms with Crippen molar-refractivity contribution in [1.29, 1.82) is 0 Å². The number of rotatable bonds is 5. The summed E-state index contributed by atoms with van der Waals surface area (Å²) in [5.74, 6) is 1.10. The molecular weight excluding hydrogens is 270 g/mol. The smallest absolute Gasteiger partial charge is 0.244 e. The first kappa shape index (κ1) is 15.1. The summed E-state index contributed by atoms with van der Waals surface area (Å²) in [6.07, 6.45) is 6.25. The SMILES string of the molecule is Cc1ccc(C=CC(=O)NCC(C)(O)c2cnn(C)c2)o1. The third kappa shape index (κ3) is 4.06. The standard InChI is InChI=1S/C15H19N3O3/c1-11-4-5-13(21-11)6-7-14(19)16-10-15(2,20)12-8-17-18(3)9-12/h4-9,20H,10H2,1-3H3,(H,16,19). The van der Waals surface area contributed by atoms with E-state index in [0.29, 0.717) is 11.3 Å². The van der Waals surface area contributed by atoms with Gasteiger partial charge in [0.1, 0.15) is 17.1 Å². The molecule has 6 heteroatoms. The highest BCUT2D eigenvalue weighted by Crippen LogP contribution is 2.18. The third-order valence-corrected chi connectivity index (χ3v) is 3.09. The lowest BCUT2D eigenvalue weighted by Gasteiger charge is -2.21. The van der Waals surface area contributed by atoms with Crippen LogP contribution in [0.2, 0.25) is 0 Å². The first-order valence-corrected chi connectivity index (χ1v) is 6.61. The molecule has 21 heavy (non-hydrogen) atoms. The van der Waals surface area contributed by atoms with E-state index in [9.17, 15) is 9.90 Å². The second kappa shape index (κ2) is 5.97. The molecule has 0 bridgehead atoms. The van der Waals surface area contributed by atoms with Crippen LogP contribution in [0.4, 0.5) is 0 Å². The molecule has 0 spiro atoms. The van der Waals surface area contributed by atoms with E-state index in [4.69, 9.17) is 4.42 Å². The predicted octanol–water partition coefficient (Wildman–Crippen LogP) is 1.36. The molecule has 2 N–H and O–H groups in total. The van der Waals surface area contributed by atoms with Crippen molar-refractivity contribution < 1.29 is 14.3 Å². The van der Waals surface area contributed by atoms with E-state index in [1.54, 1.807) is 43.2 Å². The molecule has 2 aromatic heterocycles. The molecule has 0 aliphatic rings. The van der Waals surface area contributed by atoms with E-state index in [-0.39, 0.29) is 12.5 Å². The Balaban J connectivity index is 1.90. The lowest BCUT2D eigenvalue weighted by molar-refractivity contribution is -0.117. The van der Waals surface area contributed by atoms with Crippen molar-refractivity contribution in [2.24, 2.45) is 7.05 Å². The van der Waals surface area contributed by atoms with Crippen molar-refractivity contribution in [3.8, 4) is 0 Å². The number of aliphatic hydroxyl groups is 1. The Bertz CT molecular complexity index is 653. The number of nitrogens with one attached hydrogen (secondary N) is 1. The summed E-state index contributed by atoms with van der Waals surface area (Å²) in [5, 5.41) is 17.0. The summed E-state index contributed by atoms with van der Waals surface area (Å²) in [7, 11) is 1.77. The Morgan fingerprint density at radius 1 is 1.57 bits per heavy atom. The van der Waals surface area contributed by atoms with Crippen molar-refractivity contribution in [2.45, 2.75) is 19.4 Å². The van der Waals surface area contributed by atoms with Gasteiger partial charge in [-0.15, -0.1) is 0 Å². The van der Waals surface area contributed by atoms with Crippen molar-refractivity contribution in [2.75, 3.05) is 6.54 Å². The average Bonchev–Trinajstić information content (AvgIpc) is 3.03. The molecule has 2 rings (SSSR count). The number of carbonyl (C=O) groups excluding carboxylic acids is 1. The molecule has 2 heterocycles. The summed E-state index contributed by atoms with van der Waals surface area (Å²) in [6.45, 7) is 3.56. The van der Waals surface area contributed by atoms with Gasteiger partial charge in [0.2, 0.25) is 5.91 Å². The summed E-state index contributed by atoms with van der Waals surface area (Å²) in [6, 6.07) is 3.61. The molecule has 1 atom stereocenters. The molecule has 2 aromatic rings. The molecule has 0 fully saturated rings. The van der Waals surface area contributed by atoms with Crippen LogP contribution in [0, 0.1) is 6.92 Å². The van der Waals surface area contributed by atoms with Crippen molar-refractivity contribution >= 4 is 12.0 Å². The molecule has 1 unspecified atom stereocenters. The quantitative estimate of drug-likeness (QED) is 0.814. The number of hydrogen-bond donors (Lipinski definition) is 2. The van der Waals surface area contributed by atoms with Crippen LogP contribution in [0.1, 0.15) is 24.0 Å². The van der Waals surface area contributed by atoms with E-state index in [2.05, 4.69) is 10.4 Å². The Kier molecular flexibility index (Phi) is 4.28. The van der Waals surface area contributed by atoms with Crippen LogP contribution in [-0.4, -0.2) is 27.3 Å². The highest BCUT2D eigenvalue weighted by Gasteiger charge is 2.24. The van der Waals surface area contributed by atoms with Crippen LogP contribution in [0.15, 0.2) is 35.0 Å². The van der Waals surface area contributed by atoms with Crippen molar-refractivity contribution in [3.63, 3.8) is 0 Å². The summed E-state index contributed by atoms with van der Waals surface area (Å²) >= 11 is 0. The van der Waals surface area contributed by atoms with Crippen LogP contribution in [0.5, 0.6) is 0 Å². The van der Waals surface area contributed by atoms with Crippen LogP contribution < -0.4 is 5.32 Å². The maximum atomic E-state index is 11.7. The van der Waals surface area contributed by atoms with Gasteiger partial charge in [-0.2, -0.15) is 5.10 Å². The number of hydrogen-bond acceptors (Lipinski definition) is 4. The van der Waals surface area contributed by atoms with Gasteiger partial charge >= 0.3 is 0 Å². The molecule has 0 aliphatic carbocycles. The minimum Gasteiger partial charge on any atom is -0.462 e. The van der Waals surface area contributed by atoms with Crippen LogP contribution in [0.25, 0.3) is 6.08 Å². The number of nitrogens with zero attached hydrogens (tertiary/aromatic N) is 2. The normalized spacial score (nSPS) is 14.3. The van der Waals surface area contributed by atoms with E-state index >= 15 is 0 Å². The van der Waals surface area contributed by atoms with E-state index in [1.807, 2.05) is 13.0 Å². The molecular formula is C15H19N3O3. The molecule has 0 radical (unpaired) electrons. The fourth-order valence-corrected chi connectivity index (χ4v) is 1.82. The van der Waals surface area contributed by atoms with Gasteiger partial charge in [-0.05, 0) is 32.1 Å². The fraction of sp³-hybridized carbons (Fsp3) is 0.333. The predicted molar refractivity (Wildman–Crippen MR) is 78.3 cm³/mol. The van der Waals surface area contributed by atoms with Crippen LogP contribution in [0.3, 0.4) is 0 Å². The first-order chi connectivity index (χ1) is 9.87. The monoisotopic (exact) mass is 289 g/mol. The second-order valence-electron chi connectivity index (χ2n) is 5.18. The van der Waals surface area contributed by atoms with E-state index < -0.39 is 5.60 Å². The molecule has 0 saturated heterocycles. The highest BCUT2D eigenvalue weighted by atomic mass is 16.3. The largest absolute Gasteiger partial charge is 0.462 e. The number of aromatic nitrogens is 2. The lowest BCUT2D eigenvalue weighted by atomic mass is 10.00. The highest BCUT2D eigenvalue weighted by molar-refractivity contribution is 5.91. The van der Waals surface area contributed by atoms with Gasteiger partial charge in [-0.25, -0.2) is 0 Å². The Morgan fingerprint density at radius 3 is 2.90 bits per heavy atom. The maximum Gasteiger partial charge on any atom is 0.244 e. The van der Waals surface area contributed by atoms with Crippen molar-refractivity contribution in [3.05, 3.63) is 47.7 Å². The lowest BCUT2D eigenvalue weighted by Crippen LogP contribution is -2.37. The van der Waals surface area contributed by atoms with E-state index in [0.717, 1.165) is 5.76 Å². The summed E-state index contributed by atoms with van der Waals surface area (Å²) in [5.41, 5.74) is -0.519. The molecule has 112 valence electrons. The zero-order valence-corrected chi connectivity index (χ0v) is 12.3. The zero-order valence-electron chi connectivity index (χ0n) is 12.3. The molecule has 6 nitrogen and oxygen atoms in total. The number of aryl methyl sites for hydroxylation is 2. The zero-order chi connectivity index (χ0) is 15.5. The molecule has 0 aliphatic heterocycles. The number of furan rings is 1. The molecule has 1 amide bonds. The fourth-order valence-electron chi connectivity index (χ4n) is 1.82. The van der Waals surface area contributed by atoms with Crippen LogP contribution in [-0.2, 0) is 17.4 Å². The summed E-state index contributed by atoms with van der Waals surface area (Å²) < 4.78 is 6.93.